The molecular weight excluding hydrogens is 286 g/mol. The molecule has 0 bridgehead atoms. The number of nitrogens with zero attached hydrogens (tertiary/aromatic N) is 4. The summed E-state index contributed by atoms with van der Waals surface area (Å²) in [6.07, 6.45) is 7.74. The molecule has 1 aliphatic rings. The summed E-state index contributed by atoms with van der Waals surface area (Å²) < 4.78 is 11.5. The van der Waals surface area contributed by atoms with Crippen LogP contribution < -0.4 is 5.32 Å². The molecule has 0 saturated heterocycles. The quantitative estimate of drug-likeness (QED) is 0.888. The van der Waals surface area contributed by atoms with E-state index in [0.29, 0.717) is 12.6 Å². The van der Waals surface area contributed by atoms with E-state index in [2.05, 4.69) is 31.4 Å². The van der Waals surface area contributed by atoms with Crippen LogP contribution in [0.15, 0.2) is 6.20 Å². The van der Waals surface area contributed by atoms with E-state index < -0.39 is 0 Å². The van der Waals surface area contributed by atoms with Crippen molar-refractivity contribution in [2.75, 3.05) is 19.0 Å². The van der Waals surface area contributed by atoms with Crippen LogP contribution in [0, 0.1) is 6.92 Å². The van der Waals surface area contributed by atoms with Gasteiger partial charge in [0.2, 0.25) is 5.13 Å². The van der Waals surface area contributed by atoms with Crippen molar-refractivity contribution in [3.63, 3.8) is 0 Å². The van der Waals surface area contributed by atoms with Crippen molar-refractivity contribution in [2.45, 2.75) is 45.1 Å². The molecule has 0 radical (unpaired) electrons. The molecule has 2 heterocycles. The minimum absolute atomic E-state index is 0.562. The third kappa shape index (κ3) is 3.24. The third-order valence-corrected chi connectivity index (χ3v) is 4.62. The van der Waals surface area contributed by atoms with Crippen LogP contribution >= 0.6 is 11.5 Å². The predicted octanol–water partition coefficient (Wildman–Crippen LogP) is 3.09. The molecule has 2 aromatic rings. The zero-order valence-corrected chi connectivity index (χ0v) is 13.3. The van der Waals surface area contributed by atoms with Crippen molar-refractivity contribution in [3.05, 3.63) is 17.7 Å². The van der Waals surface area contributed by atoms with Crippen molar-refractivity contribution in [3.8, 4) is 0 Å². The smallest absolute Gasteiger partial charge is 0.207 e. The van der Waals surface area contributed by atoms with Crippen LogP contribution in [0.5, 0.6) is 0 Å². The number of nitrogens with one attached hydrogen (secondary N) is 1. The Balaban J connectivity index is 1.68. The highest BCUT2D eigenvalue weighted by Crippen LogP contribution is 2.32. The van der Waals surface area contributed by atoms with Gasteiger partial charge in [-0.1, -0.05) is 12.8 Å². The third-order valence-electron chi connectivity index (χ3n) is 3.95. The van der Waals surface area contributed by atoms with E-state index in [9.17, 15) is 0 Å². The molecule has 21 heavy (non-hydrogen) atoms. The van der Waals surface area contributed by atoms with Crippen molar-refractivity contribution in [1.29, 1.82) is 0 Å². The summed E-state index contributed by atoms with van der Waals surface area (Å²) in [5.74, 6) is 0.824. The van der Waals surface area contributed by atoms with E-state index in [1.807, 2.05) is 6.20 Å². The topological polar surface area (TPSA) is 64.9 Å². The summed E-state index contributed by atoms with van der Waals surface area (Å²) in [6, 6.07) is 0.562. The van der Waals surface area contributed by atoms with Gasteiger partial charge < -0.3 is 10.1 Å². The molecule has 0 atom stereocenters. The summed E-state index contributed by atoms with van der Waals surface area (Å²) in [5, 5.41) is 8.69. The Kier molecular flexibility index (Phi) is 4.50. The van der Waals surface area contributed by atoms with Gasteiger partial charge >= 0.3 is 0 Å². The maximum absolute atomic E-state index is 5.04. The Morgan fingerprint density at radius 3 is 3.00 bits per heavy atom. The van der Waals surface area contributed by atoms with Crippen LogP contribution in [0.25, 0.3) is 0 Å². The normalized spacial score (nSPS) is 15.7. The molecule has 114 valence electrons. The predicted molar refractivity (Wildman–Crippen MR) is 83.2 cm³/mol. The zero-order valence-electron chi connectivity index (χ0n) is 12.5. The molecule has 0 spiro atoms. The number of ether oxygens (including phenoxy) is 1. The van der Waals surface area contributed by atoms with Crippen molar-refractivity contribution in [1.82, 2.24) is 19.1 Å². The lowest BCUT2D eigenvalue weighted by atomic mass is 10.2. The second-order valence-electron chi connectivity index (χ2n) is 5.41. The summed E-state index contributed by atoms with van der Waals surface area (Å²) in [6.45, 7) is 2.76. The fourth-order valence-corrected chi connectivity index (χ4v) is 3.40. The first-order valence-electron chi connectivity index (χ1n) is 7.40. The molecule has 0 unspecified atom stereocenters. The molecule has 1 fully saturated rings. The highest BCUT2D eigenvalue weighted by Gasteiger charge is 2.20. The van der Waals surface area contributed by atoms with Gasteiger partial charge in [-0.05, 0) is 19.8 Å². The average Bonchev–Trinajstić information content (AvgIpc) is 3.20. The van der Waals surface area contributed by atoms with Crippen molar-refractivity contribution >= 4 is 22.4 Å². The minimum Gasteiger partial charge on any atom is -0.384 e. The standard InChI is InChI=1S/C14H21N5OS/c1-10-12(9-15-19(10)11-5-3-4-6-11)16-14-17-13(18-21-14)7-8-20-2/h9,11H,3-8H2,1-2H3,(H,16,17,18). The second kappa shape index (κ2) is 6.53. The number of anilines is 2. The Morgan fingerprint density at radius 2 is 2.24 bits per heavy atom. The molecular formula is C14H21N5OS. The first-order valence-corrected chi connectivity index (χ1v) is 8.18. The molecule has 3 rings (SSSR count). The molecule has 7 heteroatoms. The molecule has 2 aromatic heterocycles. The molecule has 0 amide bonds. The molecule has 1 saturated carbocycles. The number of methoxy groups -OCH3 is 1. The molecule has 1 aliphatic carbocycles. The fourth-order valence-electron chi connectivity index (χ4n) is 2.78. The van der Waals surface area contributed by atoms with Gasteiger partial charge in [-0.25, -0.2) is 4.98 Å². The lowest BCUT2D eigenvalue weighted by Gasteiger charge is -2.12. The SMILES string of the molecule is COCCc1nsc(Nc2cnn(C3CCCC3)c2C)n1. The Hall–Kier alpha value is -1.47. The summed E-state index contributed by atoms with van der Waals surface area (Å²) in [5.41, 5.74) is 2.20. The zero-order chi connectivity index (χ0) is 14.7. The second-order valence-corrected chi connectivity index (χ2v) is 6.16. The van der Waals surface area contributed by atoms with Gasteiger partial charge in [-0.2, -0.15) is 9.47 Å². The van der Waals surface area contributed by atoms with Crippen LogP contribution in [0.1, 0.15) is 43.2 Å². The van der Waals surface area contributed by atoms with Gasteiger partial charge in [-0.3, -0.25) is 4.68 Å². The number of hydrogen-bond donors (Lipinski definition) is 1. The Labute approximate surface area is 128 Å². The monoisotopic (exact) mass is 307 g/mol. The van der Waals surface area contributed by atoms with E-state index in [1.54, 1.807) is 7.11 Å². The van der Waals surface area contributed by atoms with Crippen LogP contribution in [0.2, 0.25) is 0 Å². The first-order chi connectivity index (χ1) is 10.3. The van der Waals surface area contributed by atoms with Gasteiger partial charge in [0.15, 0.2) is 0 Å². The van der Waals surface area contributed by atoms with Crippen molar-refractivity contribution < 1.29 is 4.74 Å². The number of aromatic nitrogens is 4. The molecule has 0 aromatic carbocycles. The molecule has 0 aliphatic heterocycles. The van der Waals surface area contributed by atoms with Crippen LogP contribution in [0.3, 0.4) is 0 Å². The first kappa shape index (κ1) is 14.5. The van der Waals surface area contributed by atoms with Crippen LogP contribution in [-0.4, -0.2) is 32.9 Å². The van der Waals surface area contributed by atoms with Gasteiger partial charge in [0.1, 0.15) is 5.82 Å². The van der Waals surface area contributed by atoms with Crippen LogP contribution in [-0.2, 0) is 11.2 Å². The van der Waals surface area contributed by atoms with E-state index in [4.69, 9.17) is 4.74 Å². The Morgan fingerprint density at radius 1 is 1.43 bits per heavy atom. The number of hydrogen-bond acceptors (Lipinski definition) is 6. The number of rotatable bonds is 6. The van der Waals surface area contributed by atoms with E-state index >= 15 is 0 Å². The van der Waals surface area contributed by atoms with Gasteiger partial charge in [0, 0.05) is 25.1 Å². The van der Waals surface area contributed by atoms with Crippen molar-refractivity contribution in [2.24, 2.45) is 0 Å². The molecule has 6 nitrogen and oxygen atoms in total. The summed E-state index contributed by atoms with van der Waals surface area (Å²) in [4.78, 5) is 4.47. The van der Waals surface area contributed by atoms with E-state index in [1.165, 1.54) is 42.9 Å². The largest absolute Gasteiger partial charge is 0.384 e. The van der Waals surface area contributed by atoms with E-state index in [-0.39, 0.29) is 0 Å². The van der Waals surface area contributed by atoms with E-state index in [0.717, 1.165) is 23.1 Å². The maximum atomic E-state index is 5.04. The van der Waals surface area contributed by atoms with Gasteiger partial charge in [0.05, 0.1) is 30.2 Å². The average molecular weight is 307 g/mol. The summed E-state index contributed by atoms with van der Waals surface area (Å²) in [7, 11) is 1.69. The van der Waals surface area contributed by atoms with Gasteiger partial charge in [0.25, 0.3) is 0 Å². The van der Waals surface area contributed by atoms with Gasteiger partial charge in [-0.15, -0.1) is 0 Å². The van der Waals surface area contributed by atoms with Crippen LogP contribution in [0.4, 0.5) is 10.8 Å². The fraction of sp³-hybridized carbons (Fsp3) is 0.643. The Bertz CT molecular complexity index is 588. The highest BCUT2D eigenvalue weighted by molar-refractivity contribution is 7.09. The molecule has 1 N–H and O–H groups in total. The maximum Gasteiger partial charge on any atom is 0.207 e. The minimum atomic E-state index is 0.562. The summed E-state index contributed by atoms with van der Waals surface area (Å²) >= 11 is 1.38. The lowest BCUT2D eigenvalue weighted by molar-refractivity contribution is 0.201. The highest BCUT2D eigenvalue weighted by atomic mass is 32.1. The lowest BCUT2D eigenvalue weighted by Crippen LogP contribution is -2.08.